The van der Waals surface area contributed by atoms with Crippen molar-refractivity contribution < 1.29 is 13.2 Å². The summed E-state index contributed by atoms with van der Waals surface area (Å²) in [6.07, 6.45) is 0. The maximum absolute atomic E-state index is 12.2. The summed E-state index contributed by atoms with van der Waals surface area (Å²) in [6.45, 7) is 2.38. The molecule has 0 aliphatic carbocycles. The van der Waals surface area contributed by atoms with Crippen molar-refractivity contribution in [3.05, 3.63) is 54.1 Å². The summed E-state index contributed by atoms with van der Waals surface area (Å²) >= 11 is 0. The first-order chi connectivity index (χ1) is 10.0. The second-order valence-electron chi connectivity index (χ2n) is 4.20. The number of rotatable bonds is 5. The Kier molecular flexibility index (Phi) is 4.45. The first kappa shape index (κ1) is 14.9. The van der Waals surface area contributed by atoms with Gasteiger partial charge in [0.15, 0.2) is 0 Å². The van der Waals surface area contributed by atoms with Crippen LogP contribution in [0.2, 0.25) is 0 Å². The largest absolute Gasteiger partial charge is 0.494 e. The Morgan fingerprint density at radius 3 is 2.24 bits per heavy atom. The fraction of sp³-hybridized carbons (Fsp3) is 0.133. The monoisotopic (exact) mass is 302 g/mol. The molecule has 0 unspecified atom stereocenters. The number of nitriles is 1. The van der Waals surface area contributed by atoms with E-state index in [0.29, 0.717) is 23.6 Å². The zero-order chi connectivity index (χ0) is 15.3. The number of hydrogen-bond acceptors (Lipinski definition) is 4. The Balaban J connectivity index is 2.19. The van der Waals surface area contributed by atoms with Gasteiger partial charge in [-0.05, 0) is 55.5 Å². The predicted octanol–water partition coefficient (Wildman–Crippen LogP) is 2.76. The molecule has 0 aliphatic heterocycles. The van der Waals surface area contributed by atoms with Gasteiger partial charge in [0, 0.05) is 5.69 Å². The van der Waals surface area contributed by atoms with E-state index in [1.54, 1.807) is 36.4 Å². The van der Waals surface area contributed by atoms with Gasteiger partial charge >= 0.3 is 0 Å². The fourth-order valence-corrected chi connectivity index (χ4v) is 2.77. The molecule has 0 radical (unpaired) electrons. The van der Waals surface area contributed by atoms with Crippen LogP contribution in [-0.4, -0.2) is 15.0 Å². The number of anilines is 1. The Labute approximate surface area is 123 Å². The minimum atomic E-state index is -3.65. The molecule has 0 atom stereocenters. The van der Waals surface area contributed by atoms with Crippen molar-refractivity contribution in [2.45, 2.75) is 11.8 Å². The van der Waals surface area contributed by atoms with Crippen molar-refractivity contribution in [2.75, 3.05) is 11.3 Å². The standard InChI is InChI=1S/C15H14N2O3S/c1-2-20-14-7-9-15(10-8-14)21(18,19)17-13-5-3-12(11-16)4-6-13/h3-10,17H,2H2,1H3. The molecule has 0 spiro atoms. The van der Waals surface area contributed by atoms with E-state index in [0.717, 1.165) is 0 Å². The zero-order valence-electron chi connectivity index (χ0n) is 11.4. The van der Waals surface area contributed by atoms with Crippen LogP contribution < -0.4 is 9.46 Å². The van der Waals surface area contributed by atoms with Gasteiger partial charge in [0.05, 0.1) is 23.1 Å². The molecule has 0 bridgehead atoms. The number of nitrogens with one attached hydrogen (secondary N) is 1. The van der Waals surface area contributed by atoms with E-state index in [1.165, 1.54) is 12.1 Å². The molecule has 5 nitrogen and oxygen atoms in total. The lowest BCUT2D eigenvalue weighted by molar-refractivity contribution is 0.340. The van der Waals surface area contributed by atoms with E-state index in [-0.39, 0.29) is 4.90 Å². The topological polar surface area (TPSA) is 79.2 Å². The van der Waals surface area contributed by atoms with E-state index < -0.39 is 10.0 Å². The molecule has 2 rings (SSSR count). The van der Waals surface area contributed by atoms with Crippen molar-refractivity contribution in [3.63, 3.8) is 0 Å². The van der Waals surface area contributed by atoms with Crippen LogP contribution in [0.15, 0.2) is 53.4 Å². The first-order valence-electron chi connectivity index (χ1n) is 6.31. The second kappa shape index (κ2) is 6.29. The van der Waals surface area contributed by atoms with Crippen LogP contribution >= 0.6 is 0 Å². The average molecular weight is 302 g/mol. The number of benzene rings is 2. The lowest BCUT2D eigenvalue weighted by atomic mass is 10.2. The minimum absolute atomic E-state index is 0.148. The predicted molar refractivity (Wildman–Crippen MR) is 79.6 cm³/mol. The lowest BCUT2D eigenvalue weighted by Crippen LogP contribution is -2.12. The quantitative estimate of drug-likeness (QED) is 0.921. The zero-order valence-corrected chi connectivity index (χ0v) is 12.2. The highest BCUT2D eigenvalue weighted by Gasteiger charge is 2.14. The van der Waals surface area contributed by atoms with Gasteiger partial charge in [-0.25, -0.2) is 8.42 Å². The molecule has 0 saturated carbocycles. The van der Waals surface area contributed by atoms with Crippen LogP contribution in [0.5, 0.6) is 5.75 Å². The summed E-state index contributed by atoms with van der Waals surface area (Å²) in [5, 5.41) is 8.71. The van der Waals surface area contributed by atoms with E-state index in [1.807, 2.05) is 13.0 Å². The Bertz CT molecular complexity index is 745. The highest BCUT2D eigenvalue weighted by Crippen LogP contribution is 2.19. The van der Waals surface area contributed by atoms with Gasteiger partial charge in [0.2, 0.25) is 0 Å². The number of sulfonamides is 1. The van der Waals surface area contributed by atoms with Crippen molar-refractivity contribution in [3.8, 4) is 11.8 Å². The molecule has 21 heavy (non-hydrogen) atoms. The van der Waals surface area contributed by atoms with Crippen LogP contribution in [0.4, 0.5) is 5.69 Å². The molecule has 0 fully saturated rings. The van der Waals surface area contributed by atoms with Crippen LogP contribution in [0.3, 0.4) is 0 Å². The summed E-state index contributed by atoms with van der Waals surface area (Å²) in [7, 11) is -3.65. The van der Waals surface area contributed by atoms with Gasteiger partial charge in [-0.2, -0.15) is 5.26 Å². The number of hydrogen-bond donors (Lipinski definition) is 1. The molecular formula is C15H14N2O3S. The van der Waals surface area contributed by atoms with Gasteiger partial charge in [-0.1, -0.05) is 0 Å². The molecule has 0 saturated heterocycles. The third-order valence-electron chi connectivity index (χ3n) is 2.71. The molecule has 108 valence electrons. The number of ether oxygens (including phenoxy) is 1. The van der Waals surface area contributed by atoms with Crippen molar-refractivity contribution in [2.24, 2.45) is 0 Å². The fourth-order valence-electron chi connectivity index (χ4n) is 1.71. The Hall–Kier alpha value is -2.52. The smallest absolute Gasteiger partial charge is 0.261 e. The summed E-state index contributed by atoms with van der Waals surface area (Å²) in [6, 6.07) is 14.4. The SMILES string of the molecule is CCOc1ccc(S(=O)(=O)Nc2ccc(C#N)cc2)cc1. The van der Waals surface area contributed by atoms with Crippen LogP contribution in [0.25, 0.3) is 0 Å². The molecule has 0 amide bonds. The molecule has 0 heterocycles. The lowest BCUT2D eigenvalue weighted by Gasteiger charge is -2.09. The van der Waals surface area contributed by atoms with Gasteiger partial charge < -0.3 is 4.74 Å². The molecular weight excluding hydrogens is 288 g/mol. The molecule has 2 aromatic carbocycles. The van der Waals surface area contributed by atoms with Crippen molar-refractivity contribution >= 4 is 15.7 Å². The van der Waals surface area contributed by atoms with E-state index in [4.69, 9.17) is 10.00 Å². The summed E-state index contributed by atoms with van der Waals surface area (Å²) in [5.41, 5.74) is 0.877. The normalized spacial score (nSPS) is 10.7. The van der Waals surface area contributed by atoms with Gasteiger partial charge in [0.25, 0.3) is 10.0 Å². The Morgan fingerprint density at radius 1 is 1.10 bits per heavy atom. The average Bonchev–Trinajstić information content (AvgIpc) is 2.48. The van der Waals surface area contributed by atoms with Crippen LogP contribution in [0.1, 0.15) is 12.5 Å². The third-order valence-corrected chi connectivity index (χ3v) is 4.11. The third kappa shape index (κ3) is 3.74. The summed E-state index contributed by atoms with van der Waals surface area (Å²) in [5.74, 6) is 0.620. The van der Waals surface area contributed by atoms with Crippen LogP contribution in [-0.2, 0) is 10.0 Å². The maximum atomic E-state index is 12.2. The molecule has 0 aliphatic rings. The van der Waals surface area contributed by atoms with E-state index in [9.17, 15) is 8.42 Å². The molecule has 1 N–H and O–H groups in total. The molecule has 2 aromatic rings. The molecule has 0 aromatic heterocycles. The highest BCUT2D eigenvalue weighted by molar-refractivity contribution is 7.92. The highest BCUT2D eigenvalue weighted by atomic mass is 32.2. The van der Waals surface area contributed by atoms with Gasteiger partial charge in [0.1, 0.15) is 5.75 Å². The summed E-state index contributed by atoms with van der Waals surface area (Å²) in [4.78, 5) is 0.148. The van der Waals surface area contributed by atoms with E-state index in [2.05, 4.69) is 4.72 Å². The maximum Gasteiger partial charge on any atom is 0.261 e. The van der Waals surface area contributed by atoms with Gasteiger partial charge in [-0.15, -0.1) is 0 Å². The summed E-state index contributed by atoms with van der Waals surface area (Å²) < 4.78 is 32.1. The minimum Gasteiger partial charge on any atom is -0.494 e. The van der Waals surface area contributed by atoms with Crippen molar-refractivity contribution in [1.29, 1.82) is 5.26 Å². The van der Waals surface area contributed by atoms with E-state index >= 15 is 0 Å². The van der Waals surface area contributed by atoms with Crippen LogP contribution in [0, 0.1) is 11.3 Å². The van der Waals surface area contributed by atoms with Crippen molar-refractivity contribution in [1.82, 2.24) is 0 Å². The second-order valence-corrected chi connectivity index (χ2v) is 5.88. The number of nitrogens with zero attached hydrogens (tertiary/aromatic N) is 1. The Morgan fingerprint density at radius 2 is 1.71 bits per heavy atom. The van der Waals surface area contributed by atoms with Gasteiger partial charge in [-0.3, -0.25) is 4.72 Å². The molecule has 6 heteroatoms. The first-order valence-corrected chi connectivity index (χ1v) is 7.79.